The predicted octanol–water partition coefficient (Wildman–Crippen LogP) is 6.77. The molecule has 8 rings (SSSR count). The fraction of sp³-hybridized carbons (Fsp3) is 0.383. The molecule has 1 atom stereocenters. The fourth-order valence-electron chi connectivity index (χ4n) is 8.34. The number of nitrogens with zero attached hydrogens (tertiary/aromatic N) is 10. The molecule has 7 aromatic rings. The first-order chi connectivity index (χ1) is 30.7. The number of methoxy groups -OCH3 is 1. The van der Waals surface area contributed by atoms with Gasteiger partial charge in [0.25, 0.3) is 0 Å². The molecule has 0 aliphatic carbocycles. The number of benzene rings is 2. The second-order valence-electron chi connectivity index (χ2n) is 16.2. The van der Waals surface area contributed by atoms with Crippen LogP contribution < -0.4 is 35.6 Å². The van der Waals surface area contributed by atoms with Crippen molar-refractivity contribution in [3.63, 3.8) is 0 Å². The number of hydrogen-bond donors (Lipinski definition) is 4. The van der Waals surface area contributed by atoms with E-state index in [0.717, 1.165) is 108 Å². The third-order valence-electron chi connectivity index (χ3n) is 11.9. The molecule has 6 heterocycles. The number of nitrogens with one attached hydrogen (secondary N) is 2. The number of hydrogen-bond acceptors (Lipinski definition) is 14. The van der Waals surface area contributed by atoms with Gasteiger partial charge < -0.3 is 50.2 Å². The second-order valence-corrected chi connectivity index (χ2v) is 16.2. The molecule has 2 aromatic carbocycles. The third kappa shape index (κ3) is 9.71. The fourth-order valence-corrected chi connectivity index (χ4v) is 8.34. The minimum Gasteiger partial charge on any atom is -0.494 e. The summed E-state index contributed by atoms with van der Waals surface area (Å²) in [5, 5.41) is 22.4. The van der Waals surface area contributed by atoms with Crippen LogP contribution in [0.3, 0.4) is 0 Å². The maximum absolute atomic E-state index is 9.73. The summed E-state index contributed by atoms with van der Waals surface area (Å²) in [7, 11) is 7.78. The third-order valence-corrected chi connectivity index (χ3v) is 11.9. The lowest BCUT2D eigenvalue weighted by atomic mass is 9.99. The molecule has 16 heteroatoms. The number of ether oxygens (including phenoxy) is 2. The zero-order valence-electron chi connectivity index (χ0n) is 37.0. The predicted molar refractivity (Wildman–Crippen MR) is 252 cm³/mol. The number of nitrogens with two attached hydrogens (primary N) is 1. The van der Waals surface area contributed by atoms with E-state index < -0.39 is 0 Å². The van der Waals surface area contributed by atoms with E-state index in [1.54, 1.807) is 13.3 Å². The molecule has 330 valence electrons. The van der Waals surface area contributed by atoms with Crippen molar-refractivity contribution in [3.8, 4) is 22.9 Å². The molecular formula is C47H59N13O3. The van der Waals surface area contributed by atoms with Crippen LogP contribution in [0.25, 0.3) is 27.8 Å². The van der Waals surface area contributed by atoms with E-state index in [-0.39, 0.29) is 12.6 Å². The minimum absolute atomic E-state index is 0.173. The van der Waals surface area contributed by atoms with Crippen LogP contribution >= 0.6 is 0 Å². The van der Waals surface area contributed by atoms with Crippen molar-refractivity contribution in [1.82, 2.24) is 39.0 Å². The lowest BCUT2D eigenvalue weighted by Crippen LogP contribution is -2.40. The summed E-state index contributed by atoms with van der Waals surface area (Å²) in [6.07, 6.45) is 12.5. The maximum Gasteiger partial charge on any atom is 0.227 e. The average molecular weight is 854 g/mol. The minimum atomic E-state index is 0.173. The first-order valence-electron chi connectivity index (χ1n) is 21.8. The Morgan fingerprint density at radius 1 is 0.984 bits per heavy atom. The molecule has 0 unspecified atom stereocenters. The number of piperidine rings is 1. The van der Waals surface area contributed by atoms with Gasteiger partial charge in [-0.2, -0.15) is 9.61 Å². The molecule has 1 aliphatic heterocycles. The largest absolute Gasteiger partial charge is 0.494 e. The van der Waals surface area contributed by atoms with Gasteiger partial charge in [-0.25, -0.2) is 19.9 Å². The Kier molecular flexibility index (Phi) is 13.4. The van der Waals surface area contributed by atoms with Gasteiger partial charge >= 0.3 is 0 Å². The average Bonchev–Trinajstić information content (AvgIpc) is 3.89. The maximum atomic E-state index is 9.73. The number of aromatic nitrogens is 7. The van der Waals surface area contributed by atoms with Crippen LogP contribution in [0.4, 0.5) is 34.6 Å². The summed E-state index contributed by atoms with van der Waals surface area (Å²) in [6, 6.07) is 20.3. The van der Waals surface area contributed by atoms with Crippen molar-refractivity contribution in [2.24, 2.45) is 7.05 Å². The van der Waals surface area contributed by atoms with Gasteiger partial charge in [-0.3, -0.25) is 0 Å². The van der Waals surface area contributed by atoms with E-state index in [1.165, 1.54) is 6.42 Å². The smallest absolute Gasteiger partial charge is 0.227 e. The van der Waals surface area contributed by atoms with Crippen LogP contribution in [0.5, 0.6) is 11.6 Å². The highest BCUT2D eigenvalue weighted by atomic mass is 16.5. The molecule has 0 radical (unpaired) electrons. The summed E-state index contributed by atoms with van der Waals surface area (Å²) in [5.41, 5.74) is 14.8. The van der Waals surface area contributed by atoms with Crippen molar-refractivity contribution >= 4 is 51.2 Å². The molecule has 0 bridgehead atoms. The van der Waals surface area contributed by atoms with E-state index in [1.807, 2.05) is 73.5 Å². The van der Waals surface area contributed by atoms with Gasteiger partial charge in [-0.05, 0) is 62.9 Å². The number of para-hydroxylation sites is 1. The first kappa shape index (κ1) is 43.0. The molecule has 16 nitrogen and oxygen atoms in total. The van der Waals surface area contributed by atoms with E-state index in [0.29, 0.717) is 42.1 Å². The van der Waals surface area contributed by atoms with Gasteiger partial charge in [0.1, 0.15) is 24.0 Å². The van der Waals surface area contributed by atoms with Gasteiger partial charge in [0.05, 0.1) is 36.1 Å². The van der Waals surface area contributed by atoms with Crippen LogP contribution in [0, 0.1) is 0 Å². The van der Waals surface area contributed by atoms with Crippen LogP contribution in [0.15, 0.2) is 85.5 Å². The number of rotatable bonds is 19. The van der Waals surface area contributed by atoms with Gasteiger partial charge in [0, 0.05) is 118 Å². The van der Waals surface area contributed by atoms with Gasteiger partial charge in [0.15, 0.2) is 5.65 Å². The Morgan fingerprint density at radius 2 is 1.86 bits per heavy atom. The number of likely N-dealkylation sites (N-methyl/N-ethyl adjacent to an activating group) is 2. The quantitative estimate of drug-likeness (QED) is 0.0628. The summed E-state index contributed by atoms with van der Waals surface area (Å²) in [4.78, 5) is 25.7. The Hall–Kier alpha value is -6.65. The normalized spacial score (nSPS) is 14.1. The van der Waals surface area contributed by atoms with Crippen LogP contribution in [0.2, 0.25) is 0 Å². The van der Waals surface area contributed by atoms with Crippen LogP contribution in [0.1, 0.15) is 43.7 Å². The molecule has 0 amide bonds. The summed E-state index contributed by atoms with van der Waals surface area (Å²) in [6.45, 7) is 6.53. The van der Waals surface area contributed by atoms with E-state index in [2.05, 4.69) is 83.3 Å². The highest BCUT2D eigenvalue weighted by Crippen LogP contribution is 2.37. The van der Waals surface area contributed by atoms with Crippen molar-refractivity contribution in [2.45, 2.75) is 51.6 Å². The molecule has 1 saturated heterocycles. The molecule has 1 fully saturated rings. The number of aliphatic hydroxyl groups is 1. The Balaban J connectivity index is 0.824. The highest BCUT2D eigenvalue weighted by molar-refractivity contribution is 5.95. The SMILES string of the molecule is CCc1cnn2c(NCc3ccc(OCCN(C)CCN(C)c4cc(OC)c(Nc5nccc(-c6cn(C)c7ccccc67)n5)cc4N)nc3)cc(N3CCCC[C@H]3CCO)nc12. The number of fused-ring (bicyclic) bond motifs is 2. The number of aryl methyl sites for hydroxylation is 2. The lowest BCUT2D eigenvalue weighted by Gasteiger charge is -2.36. The summed E-state index contributed by atoms with van der Waals surface area (Å²) in [5.74, 6) is 3.46. The van der Waals surface area contributed by atoms with Gasteiger partial charge in [-0.15, -0.1) is 0 Å². The topological polar surface area (TPSA) is 172 Å². The molecule has 1 aliphatic rings. The van der Waals surface area contributed by atoms with E-state index in [9.17, 15) is 5.11 Å². The zero-order valence-corrected chi connectivity index (χ0v) is 37.0. The summed E-state index contributed by atoms with van der Waals surface area (Å²) >= 11 is 0. The molecule has 5 N–H and O–H groups in total. The van der Waals surface area contributed by atoms with Gasteiger partial charge in [0.2, 0.25) is 11.8 Å². The van der Waals surface area contributed by atoms with Crippen LogP contribution in [-0.4, -0.2) is 111 Å². The molecular weight excluding hydrogens is 795 g/mol. The number of anilines is 6. The lowest BCUT2D eigenvalue weighted by molar-refractivity contribution is 0.234. The highest BCUT2D eigenvalue weighted by Gasteiger charge is 2.25. The van der Waals surface area contributed by atoms with Crippen LogP contribution in [-0.2, 0) is 20.0 Å². The van der Waals surface area contributed by atoms with Gasteiger partial charge in [-0.1, -0.05) is 31.2 Å². The standard InChI is InChI=1S/C47H59N13O3/c1-6-33-30-52-60-43(27-44(55-46(33)60)59-19-10-9-11-34(59)17-23-61)50-28-32-14-15-45(51-29-32)63-24-22-56(2)20-21-57(3)41-26-42(62-5)39(25-37(41)48)54-47-49-18-16-38(53-47)36-31-58(4)40-13-8-7-12-35(36)40/h7-8,12-16,18,25-27,29-31,34,50,61H,6,9-11,17,19-24,28,48H2,1-5H3,(H,49,53,54)/t34-/m0/s1. The van der Waals surface area contributed by atoms with Crippen molar-refractivity contribution in [1.29, 1.82) is 0 Å². The Morgan fingerprint density at radius 3 is 2.67 bits per heavy atom. The van der Waals surface area contributed by atoms with Crippen molar-refractivity contribution in [2.75, 3.05) is 86.8 Å². The molecule has 0 spiro atoms. The monoisotopic (exact) mass is 853 g/mol. The van der Waals surface area contributed by atoms with Crippen molar-refractivity contribution < 1.29 is 14.6 Å². The first-order valence-corrected chi connectivity index (χ1v) is 21.8. The molecule has 63 heavy (non-hydrogen) atoms. The molecule has 0 saturated carbocycles. The van der Waals surface area contributed by atoms with Crippen molar-refractivity contribution in [3.05, 3.63) is 96.6 Å². The Bertz CT molecular complexity index is 2630. The summed E-state index contributed by atoms with van der Waals surface area (Å²) < 4.78 is 15.8. The number of pyridine rings is 1. The van der Waals surface area contributed by atoms with E-state index in [4.69, 9.17) is 25.2 Å². The Labute approximate surface area is 368 Å². The zero-order chi connectivity index (χ0) is 43.9. The second kappa shape index (κ2) is 19.6. The van der Waals surface area contributed by atoms with E-state index >= 15 is 0 Å². The number of nitrogen functional groups attached to an aromatic ring is 1. The number of aliphatic hydroxyl groups excluding tert-OH is 1. The molecule has 5 aromatic heterocycles.